The third kappa shape index (κ3) is 2.59. The third-order valence-corrected chi connectivity index (χ3v) is 3.38. The Morgan fingerprint density at radius 3 is 2.90 bits per heavy atom. The van der Waals surface area contributed by atoms with E-state index in [2.05, 4.69) is 29.0 Å². The SMILES string of the molecule is Cc1cccc2cc(-c3noc(CC(C)C)n3)c(=O)[nH]c12. The largest absolute Gasteiger partial charge is 0.339 e. The Morgan fingerprint density at radius 1 is 1.33 bits per heavy atom. The molecule has 5 heteroatoms. The molecule has 0 aliphatic rings. The number of para-hydroxylation sites is 1. The van der Waals surface area contributed by atoms with Gasteiger partial charge in [-0.05, 0) is 29.9 Å². The number of aromatic amines is 1. The van der Waals surface area contributed by atoms with Crippen molar-refractivity contribution in [2.24, 2.45) is 5.92 Å². The molecular formula is C16H17N3O2. The average molecular weight is 283 g/mol. The molecule has 0 unspecified atom stereocenters. The summed E-state index contributed by atoms with van der Waals surface area (Å²) in [6, 6.07) is 7.69. The summed E-state index contributed by atoms with van der Waals surface area (Å²) >= 11 is 0. The van der Waals surface area contributed by atoms with Crippen LogP contribution in [0.1, 0.15) is 25.3 Å². The average Bonchev–Trinajstić information content (AvgIpc) is 2.86. The predicted octanol–water partition coefficient (Wildman–Crippen LogP) is 3.09. The lowest BCUT2D eigenvalue weighted by molar-refractivity contribution is 0.363. The van der Waals surface area contributed by atoms with Gasteiger partial charge < -0.3 is 9.51 Å². The van der Waals surface area contributed by atoms with Gasteiger partial charge in [0.05, 0.1) is 11.1 Å². The summed E-state index contributed by atoms with van der Waals surface area (Å²) in [4.78, 5) is 19.5. The smallest absolute Gasteiger partial charge is 0.259 e. The van der Waals surface area contributed by atoms with Crippen molar-refractivity contribution >= 4 is 10.9 Å². The highest BCUT2D eigenvalue weighted by molar-refractivity contribution is 5.84. The van der Waals surface area contributed by atoms with Gasteiger partial charge in [0.2, 0.25) is 11.7 Å². The van der Waals surface area contributed by atoms with Crippen molar-refractivity contribution in [3.8, 4) is 11.4 Å². The van der Waals surface area contributed by atoms with Crippen LogP contribution in [0.3, 0.4) is 0 Å². The summed E-state index contributed by atoms with van der Waals surface area (Å²) < 4.78 is 5.21. The van der Waals surface area contributed by atoms with Gasteiger partial charge in [0, 0.05) is 6.42 Å². The second-order valence-electron chi connectivity index (χ2n) is 5.66. The lowest BCUT2D eigenvalue weighted by Gasteiger charge is -2.02. The van der Waals surface area contributed by atoms with Gasteiger partial charge in [-0.2, -0.15) is 4.98 Å². The summed E-state index contributed by atoms with van der Waals surface area (Å²) in [7, 11) is 0. The van der Waals surface area contributed by atoms with E-state index in [0.29, 0.717) is 29.6 Å². The summed E-state index contributed by atoms with van der Waals surface area (Å²) in [5.74, 6) is 1.33. The Hall–Kier alpha value is -2.43. The van der Waals surface area contributed by atoms with Gasteiger partial charge in [0.1, 0.15) is 0 Å². The Kier molecular flexibility index (Phi) is 3.33. The number of hydrogen-bond acceptors (Lipinski definition) is 4. The fourth-order valence-electron chi connectivity index (χ4n) is 2.35. The van der Waals surface area contributed by atoms with Crippen molar-refractivity contribution in [1.29, 1.82) is 0 Å². The quantitative estimate of drug-likeness (QED) is 0.801. The molecule has 0 aliphatic heterocycles. The van der Waals surface area contributed by atoms with Crippen LogP contribution in [0, 0.1) is 12.8 Å². The molecule has 2 aromatic heterocycles. The van der Waals surface area contributed by atoms with Crippen molar-refractivity contribution in [2.45, 2.75) is 27.2 Å². The van der Waals surface area contributed by atoms with Crippen LogP contribution in [0.15, 0.2) is 33.6 Å². The minimum absolute atomic E-state index is 0.200. The molecule has 21 heavy (non-hydrogen) atoms. The predicted molar refractivity (Wildman–Crippen MR) is 81.1 cm³/mol. The number of nitrogens with zero attached hydrogens (tertiary/aromatic N) is 2. The maximum absolute atomic E-state index is 12.2. The van der Waals surface area contributed by atoms with Crippen LogP contribution >= 0.6 is 0 Å². The van der Waals surface area contributed by atoms with Gasteiger partial charge in [-0.15, -0.1) is 0 Å². The number of aromatic nitrogens is 3. The van der Waals surface area contributed by atoms with E-state index in [1.165, 1.54) is 0 Å². The highest BCUT2D eigenvalue weighted by atomic mass is 16.5. The lowest BCUT2D eigenvalue weighted by Crippen LogP contribution is -2.10. The maximum atomic E-state index is 12.2. The second-order valence-corrected chi connectivity index (χ2v) is 5.66. The van der Waals surface area contributed by atoms with Crippen molar-refractivity contribution in [2.75, 3.05) is 0 Å². The molecule has 0 bridgehead atoms. The minimum Gasteiger partial charge on any atom is -0.339 e. The molecule has 108 valence electrons. The number of aryl methyl sites for hydroxylation is 1. The first-order chi connectivity index (χ1) is 10.0. The molecule has 0 atom stereocenters. The van der Waals surface area contributed by atoms with Crippen molar-refractivity contribution in [3.05, 3.63) is 46.1 Å². The van der Waals surface area contributed by atoms with Crippen LogP contribution in [0.2, 0.25) is 0 Å². The van der Waals surface area contributed by atoms with Crippen LogP contribution in [0.25, 0.3) is 22.3 Å². The molecule has 3 aromatic rings. The van der Waals surface area contributed by atoms with E-state index >= 15 is 0 Å². The molecule has 0 fully saturated rings. The zero-order chi connectivity index (χ0) is 15.0. The summed E-state index contributed by atoms with van der Waals surface area (Å²) in [5, 5.41) is 4.88. The number of nitrogens with one attached hydrogen (secondary N) is 1. The molecule has 0 saturated carbocycles. The molecular weight excluding hydrogens is 266 g/mol. The maximum Gasteiger partial charge on any atom is 0.259 e. The second kappa shape index (κ2) is 5.16. The number of fused-ring (bicyclic) bond motifs is 1. The number of H-pyrrole nitrogens is 1. The van der Waals surface area contributed by atoms with Gasteiger partial charge >= 0.3 is 0 Å². The first kappa shape index (κ1) is 13.5. The molecule has 2 heterocycles. The van der Waals surface area contributed by atoms with E-state index in [1.807, 2.05) is 31.2 Å². The van der Waals surface area contributed by atoms with Gasteiger partial charge in [-0.3, -0.25) is 4.79 Å². The minimum atomic E-state index is -0.200. The van der Waals surface area contributed by atoms with Crippen LogP contribution in [0.5, 0.6) is 0 Å². The summed E-state index contributed by atoms with van der Waals surface area (Å²) in [6.45, 7) is 6.12. The number of pyridine rings is 1. The fourth-order valence-corrected chi connectivity index (χ4v) is 2.35. The molecule has 0 spiro atoms. The molecule has 1 aromatic carbocycles. The van der Waals surface area contributed by atoms with Crippen LogP contribution in [-0.2, 0) is 6.42 Å². The monoisotopic (exact) mass is 283 g/mol. The molecule has 0 aliphatic carbocycles. The van der Waals surface area contributed by atoms with Crippen molar-refractivity contribution < 1.29 is 4.52 Å². The van der Waals surface area contributed by atoms with Gasteiger partial charge in [-0.25, -0.2) is 0 Å². The summed E-state index contributed by atoms with van der Waals surface area (Å²) in [6.07, 6.45) is 0.706. The number of hydrogen-bond donors (Lipinski definition) is 1. The van der Waals surface area contributed by atoms with Crippen LogP contribution in [0.4, 0.5) is 0 Å². The Morgan fingerprint density at radius 2 is 2.14 bits per heavy atom. The first-order valence-corrected chi connectivity index (χ1v) is 7.00. The normalized spacial score (nSPS) is 11.4. The van der Waals surface area contributed by atoms with E-state index in [9.17, 15) is 4.79 Å². The zero-order valence-electron chi connectivity index (χ0n) is 12.3. The van der Waals surface area contributed by atoms with E-state index in [1.54, 1.807) is 0 Å². The lowest BCUT2D eigenvalue weighted by atomic mass is 10.1. The van der Waals surface area contributed by atoms with E-state index in [0.717, 1.165) is 16.5 Å². The summed E-state index contributed by atoms with van der Waals surface area (Å²) in [5.41, 5.74) is 2.11. The molecule has 0 amide bonds. The topological polar surface area (TPSA) is 71.8 Å². The van der Waals surface area contributed by atoms with E-state index in [-0.39, 0.29) is 5.56 Å². The standard InChI is InChI=1S/C16H17N3O2/c1-9(2)7-13-17-15(19-21-13)12-8-11-6-4-5-10(3)14(11)18-16(12)20/h4-6,8-9H,7H2,1-3H3,(H,18,20). The van der Waals surface area contributed by atoms with Gasteiger partial charge in [0.25, 0.3) is 5.56 Å². The van der Waals surface area contributed by atoms with Crippen molar-refractivity contribution in [3.63, 3.8) is 0 Å². The fraction of sp³-hybridized carbons (Fsp3) is 0.312. The Balaban J connectivity index is 2.10. The first-order valence-electron chi connectivity index (χ1n) is 7.00. The molecule has 3 rings (SSSR count). The van der Waals surface area contributed by atoms with E-state index in [4.69, 9.17) is 4.52 Å². The zero-order valence-corrected chi connectivity index (χ0v) is 12.3. The van der Waals surface area contributed by atoms with Crippen LogP contribution in [-0.4, -0.2) is 15.1 Å². The Labute approximate surface area is 122 Å². The highest BCUT2D eigenvalue weighted by Gasteiger charge is 2.14. The number of rotatable bonds is 3. The van der Waals surface area contributed by atoms with Crippen LogP contribution < -0.4 is 5.56 Å². The van der Waals surface area contributed by atoms with Crippen molar-refractivity contribution in [1.82, 2.24) is 15.1 Å². The molecule has 5 nitrogen and oxygen atoms in total. The highest BCUT2D eigenvalue weighted by Crippen LogP contribution is 2.20. The molecule has 0 saturated heterocycles. The number of benzene rings is 1. The van der Waals surface area contributed by atoms with Gasteiger partial charge in [-0.1, -0.05) is 37.2 Å². The third-order valence-electron chi connectivity index (χ3n) is 3.38. The molecule has 0 radical (unpaired) electrons. The molecule has 1 N–H and O–H groups in total. The van der Waals surface area contributed by atoms with E-state index < -0.39 is 0 Å². The Bertz CT molecular complexity index is 846. The van der Waals surface area contributed by atoms with Gasteiger partial charge in [0.15, 0.2) is 0 Å².